The number of fused-ring (bicyclic) bond motifs is 3. The Morgan fingerprint density at radius 2 is 1.60 bits per heavy atom. The van der Waals surface area contributed by atoms with Crippen LogP contribution in [-0.4, -0.2) is 27.9 Å². The highest BCUT2D eigenvalue weighted by Crippen LogP contribution is 2.35. The van der Waals surface area contributed by atoms with Crippen LogP contribution in [0.2, 0.25) is 0 Å². The van der Waals surface area contributed by atoms with Gasteiger partial charge in [0.25, 0.3) is 5.91 Å². The largest absolute Gasteiger partial charge is 0.292 e. The molecule has 0 spiro atoms. The zero-order valence-corrected chi connectivity index (χ0v) is 16.8. The third-order valence-corrected chi connectivity index (χ3v) is 6.19. The van der Waals surface area contributed by atoms with Crippen molar-refractivity contribution in [2.75, 3.05) is 0 Å². The lowest BCUT2D eigenvalue weighted by Crippen LogP contribution is -2.44. The van der Waals surface area contributed by atoms with Gasteiger partial charge in [0.05, 0.1) is 5.69 Å². The van der Waals surface area contributed by atoms with Crippen molar-refractivity contribution in [2.45, 2.75) is 18.2 Å². The van der Waals surface area contributed by atoms with Crippen LogP contribution in [0.15, 0.2) is 88.8 Å². The highest BCUT2D eigenvalue weighted by Gasteiger charge is 2.41. The van der Waals surface area contributed by atoms with E-state index in [4.69, 9.17) is 4.99 Å². The van der Waals surface area contributed by atoms with Crippen LogP contribution in [0, 0.1) is 5.82 Å². The smallest absolute Gasteiger partial charge is 0.271 e. The normalized spacial score (nSPS) is 17.3. The number of aliphatic imine (C=N–C) groups is 2. The maximum absolute atomic E-state index is 13.2. The summed E-state index contributed by atoms with van der Waals surface area (Å²) in [6, 6.07) is 23.7. The second-order valence-electron chi connectivity index (χ2n) is 7.18. The van der Waals surface area contributed by atoms with Gasteiger partial charge >= 0.3 is 0 Å². The fraction of sp³-hybridized carbons (Fsp3) is 0.125. The van der Waals surface area contributed by atoms with E-state index in [1.165, 1.54) is 23.9 Å². The Bertz CT molecular complexity index is 1160. The lowest BCUT2D eigenvalue weighted by molar-refractivity contribution is -0.119. The number of rotatable bonds is 4. The van der Waals surface area contributed by atoms with E-state index in [-0.39, 0.29) is 11.7 Å². The number of amides is 1. The summed E-state index contributed by atoms with van der Waals surface area (Å²) in [7, 11) is 0. The van der Waals surface area contributed by atoms with E-state index in [1.807, 2.05) is 59.5 Å². The average molecular weight is 415 g/mol. The van der Waals surface area contributed by atoms with E-state index in [0.717, 1.165) is 27.5 Å². The van der Waals surface area contributed by atoms with Gasteiger partial charge in [-0.3, -0.25) is 9.69 Å². The van der Waals surface area contributed by atoms with E-state index in [0.29, 0.717) is 18.0 Å². The quantitative estimate of drug-likeness (QED) is 0.605. The molecule has 2 aliphatic heterocycles. The summed E-state index contributed by atoms with van der Waals surface area (Å²) in [6.45, 7) is 0. The van der Waals surface area contributed by atoms with Gasteiger partial charge in [-0.2, -0.15) is 4.99 Å². The molecule has 148 valence electrons. The minimum absolute atomic E-state index is 0.152. The van der Waals surface area contributed by atoms with Crippen LogP contribution in [0.1, 0.15) is 16.7 Å². The van der Waals surface area contributed by atoms with Crippen molar-refractivity contribution in [1.29, 1.82) is 0 Å². The van der Waals surface area contributed by atoms with Crippen LogP contribution in [0.4, 0.5) is 10.1 Å². The SMILES string of the molecule is O=C1N=C2c3ccccc3N=C(SCc3ccc(F)cc3)N2C1Cc1ccccc1. The van der Waals surface area contributed by atoms with Crippen LogP contribution in [0.5, 0.6) is 0 Å². The van der Waals surface area contributed by atoms with Gasteiger partial charge in [-0.15, -0.1) is 0 Å². The number of thioether (sulfide) groups is 1. The third kappa shape index (κ3) is 3.55. The second-order valence-corrected chi connectivity index (χ2v) is 8.12. The van der Waals surface area contributed by atoms with E-state index >= 15 is 0 Å². The molecule has 0 bridgehead atoms. The minimum Gasteiger partial charge on any atom is -0.292 e. The van der Waals surface area contributed by atoms with Crippen LogP contribution in [0.25, 0.3) is 0 Å². The molecule has 6 heteroatoms. The Hall–Kier alpha value is -3.25. The zero-order chi connectivity index (χ0) is 20.5. The van der Waals surface area contributed by atoms with Crippen LogP contribution in [-0.2, 0) is 17.0 Å². The molecular formula is C24H18FN3OS. The molecule has 0 radical (unpaired) electrons. The Balaban J connectivity index is 1.48. The first-order chi connectivity index (χ1) is 14.7. The molecule has 30 heavy (non-hydrogen) atoms. The van der Waals surface area contributed by atoms with Gasteiger partial charge < -0.3 is 0 Å². The van der Waals surface area contributed by atoms with Gasteiger partial charge in [-0.05, 0) is 35.4 Å². The maximum Gasteiger partial charge on any atom is 0.271 e. The van der Waals surface area contributed by atoms with E-state index in [9.17, 15) is 9.18 Å². The molecule has 1 atom stereocenters. The van der Waals surface area contributed by atoms with Gasteiger partial charge in [0.15, 0.2) is 5.17 Å². The molecule has 0 aliphatic carbocycles. The van der Waals surface area contributed by atoms with Gasteiger partial charge in [0.2, 0.25) is 0 Å². The number of halogens is 1. The van der Waals surface area contributed by atoms with Crippen molar-refractivity contribution in [3.63, 3.8) is 0 Å². The predicted octanol–water partition coefficient (Wildman–Crippen LogP) is 4.96. The first kappa shape index (κ1) is 18.8. The van der Waals surface area contributed by atoms with Crippen molar-refractivity contribution < 1.29 is 9.18 Å². The number of hydrogen-bond donors (Lipinski definition) is 0. The number of amidine groups is 2. The van der Waals surface area contributed by atoms with Gasteiger partial charge in [0.1, 0.15) is 17.7 Å². The minimum atomic E-state index is -0.421. The topological polar surface area (TPSA) is 45.0 Å². The highest BCUT2D eigenvalue weighted by atomic mass is 32.2. The first-order valence-electron chi connectivity index (χ1n) is 9.70. The fourth-order valence-electron chi connectivity index (χ4n) is 3.67. The molecule has 5 rings (SSSR count). The van der Waals surface area contributed by atoms with Crippen LogP contribution >= 0.6 is 11.8 Å². The lowest BCUT2D eigenvalue weighted by Gasteiger charge is -2.31. The standard InChI is InChI=1S/C24H18FN3OS/c25-18-12-10-17(11-13-18)15-30-24-26-20-9-5-4-8-19(20)22-27-23(29)21(28(22)24)14-16-6-2-1-3-7-16/h1-13,21H,14-15H2. The highest BCUT2D eigenvalue weighted by molar-refractivity contribution is 8.13. The summed E-state index contributed by atoms with van der Waals surface area (Å²) >= 11 is 1.53. The molecule has 3 aromatic carbocycles. The van der Waals surface area contributed by atoms with Gasteiger partial charge in [-0.1, -0.05) is 66.4 Å². The first-order valence-corrected chi connectivity index (χ1v) is 10.7. The van der Waals surface area contributed by atoms with Gasteiger partial charge in [0, 0.05) is 17.7 Å². The molecule has 0 saturated heterocycles. The fourth-order valence-corrected chi connectivity index (χ4v) is 4.67. The Kier molecular flexibility index (Phi) is 4.93. The van der Waals surface area contributed by atoms with Crippen LogP contribution < -0.4 is 0 Å². The van der Waals surface area contributed by atoms with Crippen molar-refractivity contribution >= 4 is 34.4 Å². The summed E-state index contributed by atoms with van der Waals surface area (Å²) in [5, 5.41) is 0.739. The zero-order valence-electron chi connectivity index (χ0n) is 16.0. The monoisotopic (exact) mass is 415 g/mol. The summed E-state index contributed by atoms with van der Waals surface area (Å²) < 4.78 is 13.2. The summed E-state index contributed by atoms with van der Waals surface area (Å²) in [5.41, 5.74) is 3.75. The van der Waals surface area contributed by atoms with E-state index in [2.05, 4.69) is 4.99 Å². The number of para-hydroxylation sites is 1. The van der Waals surface area contributed by atoms with Crippen molar-refractivity contribution in [2.24, 2.45) is 9.98 Å². The Labute approximate surface area is 178 Å². The van der Waals surface area contributed by atoms with Gasteiger partial charge in [-0.25, -0.2) is 9.38 Å². The Morgan fingerprint density at radius 3 is 2.40 bits per heavy atom. The molecule has 2 aliphatic rings. The lowest BCUT2D eigenvalue weighted by atomic mass is 10.0. The molecule has 1 amide bonds. The van der Waals surface area contributed by atoms with E-state index in [1.54, 1.807) is 12.1 Å². The molecule has 0 N–H and O–H groups in total. The number of carbonyl (C=O) groups is 1. The molecular weight excluding hydrogens is 397 g/mol. The number of benzene rings is 3. The predicted molar refractivity (Wildman–Crippen MR) is 119 cm³/mol. The molecule has 2 heterocycles. The maximum atomic E-state index is 13.2. The van der Waals surface area contributed by atoms with Crippen molar-refractivity contribution in [3.05, 3.63) is 101 Å². The summed E-state index contributed by atoms with van der Waals surface area (Å²) in [5.74, 6) is 0.876. The van der Waals surface area contributed by atoms with E-state index < -0.39 is 6.04 Å². The van der Waals surface area contributed by atoms with Crippen LogP contribution in [0.3, 0.4) is 0 Å². The van der Waals surface area contributed by atoms with Crippen molar-refractivity contribution in [3.8, 4) is 0 Å². The summed E-state index contributed by atoms with van der Waals surface area (Å²) in [6.07, 6.45) is 0.560. The number of nitrogens with zero attached hydrogens (tertiary/aromatic N) is 3. The average Bonchev–Trinajstić information content (AvgIpc) is 3.10. The molecule has 0 saturated carbocycles. The molecule has 1 unspecified atom stereocenters. The molecule has 0 fully saturated rings. The molecule has 0 aromatic heterocycles. The molecule has 3 aromatic rings. The summed E-state index contributed by atoms with van der Waals surface area (Å²) in [4.78, 5) is 24.1. The number of carbonyl (C=O) groups excluding carboxylic acids is 1. The van der Waals surface area contributed by atoms with Crippen molar-refractivity contribution in [1.82, 2.24) is 4.90 Å². The second kappa shape index (κ2) is 7.88. The number of hydrogen-bond acceptors (Lipinski definition) is 4. The third-order valence-electron chi connectivity index (χ3n) is 5.16. The Morgan fingerprint density at radius 1 is 0.867 bits per heavy atom. The molecule has 4 nitrogen and oxygen atoms in total.